The minimum absolute atomic E-state index is 0. The van der Waals surface area contributed by atoms with Crippen LogP contribution in [0.25, 0.3) is 0 Å². The van der Waals surface area contributed by atoms with Crippen LogP contribution in [0, 0.1) is 21.6 Å². The van der Waals surface area contributed by atoms with Crippen molar-refractivity contribution in [2.24, 2.45) is 22.2 Å². The molecule has 0 N–H and O–H groups in total. The fraction of sp³-hybridized carbons (Fsp3) is 0.583. The first-order valence-electron chi connectivity index (χ1n) is 5.68. The van der Waals surface area contributed by atoms with Crippen molar-refractivity contribution in [3.8, 4) is 0 Å². The van der Waals surface area contributed by atoms with E-state index < -0.39 is 0 Å². The summed E-state index contributed by atoms with van der Waals surface area (Å²) in [6, 6.07) is 9.40. The first-order valence-corrected chi connectivity index (χ1v) is 5.68. The molecule has 2 aliphatic carbocycles. The number of nitroso groups, excluding NO2 is 2. The molecule has 2 aliphatic rings. The zero-order chi connectivity index (χ0) is 11.4. The third-order valence-electron chi connectivity index (χ3n) is 3.63. The van der Waals surface area contributed by atoms with E-state index in [1.54, 1.807) is 0 Å². The topological polar surface area (TPSA) is 58.9 Å². The Morgan fingerprint density at radius 2 is 1.41 bits per heavy atom. The molecule has 0 spiro atoms. The molecule has 95 valence electrons. The van der Waals surface area contributed by atoms with Gasteiger partial charge < -0.3 is 0 Å². The number of nitrogens with zero attached hydrogens (tertiary/aromatic N) is 2. The van der Waals surface area contributed by atoms with Gasteiger partial charge in [-0.1, -0.05) is 10.4 Å². The largest absolute Gasteiger partial charge is 0.214 e. The van der Waals surface area contributed by atoms with Gasteiger partial charge in [-0.15, -0.1) is 0 Å². The molecule has 2 saturated carbocycles. The van der Waals surface area contributed by atoms with Gasteiger partial charge in [0.15, 0.2) is 0 Å². The van der Waals surface area contributed by atoms with Gasteiger partial charge >= 0.3 is 0 Å². The molecule has 0 amide bonds. The Balaban J connectivity index is 0.000000205. The van der Waals surface area contributed by atoms with E-state index in [9.17, 15) is 9.81 Å². The SMILES string of the molecule is O=NC1C2CCC(C2)C1N=O.[Co].c1cc[cH-]c1. The normalized spacial score (nSPS) is 33.2. The second-order valence-corrected chi connectivity index (χ2v) is 4.49. The van der Waals surface area contributed by atoms with E-state index in [2.05, 4.69) is 10.4 Å². The molecule has 2 bridgehead atoms. The van der Waals surface area contributed by atoms with E-state index in [1.165, 1.54) is 0 Å². The van der Waals surface area contributed by atoms with Gasteiger partial charge in [0.1, 0.15) is 12.1 Å². The van der Waals surface area contributed by atoms with Crippen molar-refractivity contribution in [2.45, 2.75) is 31.3 Å². The van der Waals surface area contributed by atoms with E-state index in [-0.39, 0.29) is 28.9 Å². The molecule has 4 atom stereocenters. The van der Waals surface area contributed by atoms with Gasteiger partial charge in [-0.2, -0.15) is 28.0 Å². The maximum atomic E-state index is 10.3. The average Bonchev–Trinajstić information content (AvgIpc) is 3.04. The van der Waals surface area contributed by atoms with E-state index in [4.69, 9.17) is 0 Å². The van der Waals surface area contributed by atoms with Crippen molar-refractivity contribution in [1.82, 2.24) is 0 Å². The molecule has 5 heteroatoms. The van der Waals surface area contributed by atoms with E-state index in [1.807, 2.05) is 30.3 Å². The summed E-state index contributed by atoms with van der Waals surface area (Å²) in [6.07, 6.45) is 3.12. The van der Waals surface area contributed by atoms with Crippen LogP contribution >= 0.6 is 0 Å². The van der Waals surface area contributed by atoms with Crippen LogP contribution in [0.5, 0.6) is 0 Å². The quantitative estimate of drug-likeness (QED) is 0.616. The Hall–Kier alpha value is -0.944. The monoisotopic (exact) mass is 278 g/mol. The summed E-state index contributed by atoms with van der Waals surface area (Å²) in [4.78, 5) is 20.6. The summed E-state index contributed by atoms with van der Waals surface area (Å²) in [5.41, 5.74) is 0. The van der Waals surface area contributed by atoms with Crippen molar-refractivity contribution >= 4 is 0 Å². The Morgan fingerprint density at radius 3 is 1.71 bits per heavy atom. The van der Waals surface area contributed by atoms with Crippen LogP contribution in [0.2, 0.25) is 0 Å². The fourth-order valence-electron chi connectivity index (χ4n) is 2.85. The number of fused-ring (bicyclic) bond motifs is 2. The third-order valence-corrected chi connectivity index (χ3v) is 3.63. The maximum Gasteiger partial charge on any atom is 0.121 e. The standard InChI is InChI=1S/C7H10N2O2.C5H5.Co/c10-8-6-4-1-2-5(3-4)7(6)9-11;1-2-4-5-3-1;/h4-7H,1-3H2;1-5H;/q;-1;. The van der Waals surface area contributed by atoms with Gasteiger partial charge in [-0.05, 0) is 31.1 Å². The Labute approximate surface area is 111 Å². The van der Waals surface area contributed by atoms with Crippen LogP contribution < -0.4 is 0 Å². The predicted molar refractivity (Wildman–Crippen MR) is 62.0 cm³/mol. The summed E-state index contributed by atoms with van der Waals surface area (Å²) in [5, 5.41) is 5.96. The summed E-state index contributed by atoms with van der Waals surface area (Å²) in [7, 11) is 0. The average molecular weight is 278 g/mol. The first-order chi connectivity index (χ1) is 7.86. The molecule has 3 rings (SSSR count). The maximum absolute atomic E-state index is 10.3. The third kappa shape index (κ3) is 3.04. The molecular weight excluding hydrogens is 263 g/mol. The van der Waals surface area contributed by atoms with Gasteiger partial charge in [0, 0.05) is 16.8 Å². The van der Waals surface area contributed by atoms with Crippen molar-refractivity contribution in [3.05, 3.63) is 40.1 Å². The number of hydrogen-bond acceptors (Lipinski definition) is 4. The molecular formula is C12H15CoN2O2-. The van der Waals surface area contributed by atoms with Crippen LogP contribution in [0.4, 0.5) is 0 Å². The molecule has 0 heterocycles. The van der Waals surface area contributed by atoms with Gasteiger partial charge in [0.25, 0.3) is 0 Å². The second-order valence-electron chi connectivity index (χ2n) is 4.49. The van der Waals surface area contributed by atoms with Gasteiger partial charge in [0.05, 0.1) is 0 Å². The summed E-state index contributed by atoms with van der Waals surface area (Å²) in [5.74, 6) is 0.723. The molecule has 1 aromatic carbocycles. The zero-order valence-electron chi connectivity index (χ0n) is 9.36. The minimum Gasteiger partial charge on any atom is -0.214 e. The molecule has 1 aromatic rings. The summed E-state index contributed by atoms with van der Waals surface area (Å²) in [6.45, 7) is 0. The molecule has 0 aliphatic heterocycles. The van der Waals surface area contributed by atoms with Crippen molar-refractivity contribution < 1.29 is 16.8 Å². The predicted octanol–water partition coefficient (Wildman–Crippen LogP) is 3.09. The second kappa shape index (κ2) is 6.71. The molecule has 1 radical (unpaired) electrons. The van der Waals surface area contributed by atoms with Gasteiger partial charge in [-0.3, -0.25) is 0 Å². The number of hydrogen-bond donors (Lipinski definition) is 0. The Bertz CT molecular complexity index is 305. The summed E-state index contributed by atoms with van der Waals surface area (Å²) < 4.78 is 0. The Morgan fingerprint density at radius 1 is 0.941 bits per heavy atom. The zero-order valence-corrected chi connectivity index (χ0v) is 10.4. The smallest absolute Gasteiger partial charge is 0.121 e. The first kappa shape index (κ1) is 14.1. The van der Waals surface area contributed by atoms with Crippen LogP contribution in [0.3, 0.4) is 0 Å². The molecule has 17 heavy (non-hydrogen) atoms. The van der Waals surface area contributed by atoms with Crippen LogP contribution in [-0.4, -0.2) is 12.1 Å². The van der Waals surface area contributed by atoms with E-state index >= 15 is 0 Å². The molecule has 0 aromatic heterocycles. The van der Waals surface area contributed by atoms with Crippen LogP contribution in [-0.2, 0) is 16.8 Å². The molecule has 4 nitrogen and oxygen atoms in total. The van der Waals surface area contributed by atoms with Crippen molar-refractivity contribution in [1.29, 1.82) is 0 Å². The van der Waals surface area contributed by atoms with Crippen LogP contribution in [0.1, 0.15) is 19.3 Å². The van der Waals surface area contributed by atoms with Crippen molar-refractivity contribution in [3.63, 3.8) is 0 Å². The fourth-order valence-corrected chi connectivity index (χ4v) is 2.85. The van der Waals surface area contributed by atoms with E-state index in [0.717, 1.165) is 19.3 Å². The summed E-state index contributed by atoms with van der Waals surface area (Å²) >= 11 is 0. The number of rotatable bonds is 2. The molecule has 0 saturated heterocycles. The van der Waals surface area contributed by atoms with Gasteiger partial charge in [0.2, 0.25) is 0 Å². The van der Waals surface area contributed by atoms with Gasteiger partial charge in [-0.25, -0.2) is 12.1 Å². The molecule has 2 fully saturated rings. The van der Waals surface area contributed by atoms with Crippen LogP contribution in [0.15, 0.2) is 40.7 Å². The Kier molecular flexibility index (Phi) is 5.57. The van der Waals surface area contributed by atoms with Crippen molar-refractivity contribution in [2.75, 3.05) is 0 Å². The molecule has 4 unspecified atom stereocenters. The van der Waals surface area contributed by atoms with E-state index in [0.29, 0.717) is 11.8 Å². The minimum atomic E-state index is -0.300.